The third-order valence-corrected chi connectivity index (χ3v) is 8.35. The van der Waals surface area contributed by atoms with Crippen LogP contribution < -0.4 is 10.1 Å². The molecule has 1 fully saturated rings. The van der Waals surface area contributed by atoms with Crippen LogP contribution in [0.4, 0.5) is 5.69 Å². The highest BCUT2D eigenvalue weighted by atomic mass is 32.2. The number of nitrogens with zero attached hydrogens (tertiary/aromatic N) is 2. The fourth-order valence-electron chi connectivity index (χ4n) is 3.29. The predicted octanol–water partition coefficient (Wildman–Crippen LogP) is 4.31. The van der Waals surface area contributed by atoms with Crippen molar-refractivity contribution in [3.8, 4) is 16.3 Å². The summed E-state index contributed by atoms with van der Waals surface area (Å²) < 4.78 is 33.0. The predicted molar refractivity (Wildman–Crippen MR) is 119 cm³/mol. The van der Waals surface area contributed by atoms with Crippen molar-refractivity contribution in [2.45, 2.75) is 24.2 Å². The summed E-state index contributed by atoms with van der Waals surface area (Å²) in [6.07, 6.45) is 2.71. The zero-order valence-corrected chi connectivity index (χ0v) is 18.8. The summed E-state index contributed by atoms with van der Waals surface area (Å²) in [6, 6.07) is 6.58. The third kappa shape index (κ3) is 4.27. The Bertz CT molecular complexity index is 1130. The van der Waals surface area contributed by atoms with Crippen molar-refractivity contribution in [3.05, 3.63) is 46.1 Å². The van der Waals surface area contributed by atoms with Gasteiger partial charge < -0.3 is 10.1 Å². The first-order chi connectivity index (χ1) is 14.5. The van der Waals surface area contributed by atoms with Gasteiger partial charge in [-0.2, -0.15) is 15.6 Å². The van der Waals surface area contributed by atoms with Crippen LogP contribution in [0, 0.1) is 0 Å². The van der Waals surface area contributed by atoms with Gasteiger partial charge in [-0.05, 0) is 42.5 Å². The van der Waals surface area contributed by atoms with E-state index in [0.717, 1.165) is 29.8 Å². The first kappa shape index (κ1) is 21.0. The molecule has 0 bridgehead atoms. The number of thiazole rings is 1. The standard InChI is InChI=1S/C20H21N3O4S3/c1-27-17-6-5-15(11-18(17)30(25,26)23-8-3-2-4-9-23)21-19(24)16-13-29-20(22-16)14-7-10-28-12-14/h5-7,10-13H,2-4,8-9H2,1H3,(H,21,24). The molecule has 0 unspecified atom stereocenters. The smallest absolute Gasteiger partial charge is 0.275 e. The highest BCUT2D eigenvalue weighted by Crippen LogP contribution is 2.31. The molecule has 1 aliphatic rings. The Morgan fingerprint density at radius 1 is 1.17 bits per heavy atom. The average molecular weight is 464 g/mol. The number of nitrogens with one attached hydrogen (secondary N) is 1. The van der Waals surface area contributed by atoms with Crippen molar-refractivity contribution in [1.29, 1.82) is 0 Å². The molecule has 1 N–H and O–H groups in total. The van der Waals surface area contributed by atoms with Crippen molar-refractivity contribution in [2.24, 2.45) is 0 Å². The summed E-state index contributed by atoms with van der Waals surface area (Å²) in [7, 11) is -2.27. The summed E-state index contributed by atoms with van der Waals surface area (Å²) >= 11 is 2.96. The van der Waals surface area contributed by atoms with Crippen LogP contribution in [0.15, 0.2) is 45.3 Å². The van der Waals surface area contributed by atoms with Crippen LogP contribution in [0.1, 0.15) is 29.8 Å². The van der Waals surface area contributed by atoms with Crippen LogP contribution in [-0.4, -0.2) is 43.8 Å². The fraction of sp³-hybridized carbons (Fsp3) is 0.300. The Balaban J connectivity index is 1.58. The molecule has 0 saturated carbocycles. The number of methoxy groups -OCH3 is 1. The monoisotopic (exact) mass is 463 g/mol. The van der Waals surface area contributed by atoms with Gasteiger partial charge in [-0.3, -0.25) is 4.79 Å². The summed E-state index contributed by atoms with van der Waals surface area (Å²) in [5, 5.41) is 9.14. The molecule has 7 nitrogen and oxygen atoms in total. The van der Waals surface area contributed by atoms with E-state index >= 15 is 0 Å². The number of piperidine rings is 1. The van der Waals surface area contributed by atoms with Gasteiger partial charge in [0.25, 0.3) is 5.91 Å². The van der Waals surface area contributed by atoms with E-state index in [2.05, 4.69) is 10.3 Å². The number of carbonyl (C=O) groups is 1. The second-order valence-corrected chi connectivity index (χ2v) is 10.4. The van der Waals surface area contributed by atoms with E-state index in [4.69, 9.17) is 4.74 Å². The zero-order chi connectivity index (χ0) is 21.1. The second kappa shape index (κ2) is 8.84. The van der Waals surface area contributed by atoms with Gasteiger partial charge in [0, 0.05) is 35.1 Å². The van der Waals surface area contributed by atoms with Crippen LogP contribution in [0.5, 0.6) is 5.75 Å². The van der Waals surface area contributed by atoms with Gasteiger partial charge in [0.05, 0.1) is 7.11 Å². The third-order valence-electron chi connectivity index (χ3n) is 4.86. The number of hydrogen-bond donors (Lipinski definition) is 1. The number of carbonyl (C=O) groups excluding carboxylic acids is 1. The van der Waals surface area contributed by atoms with E-state index in [1.54, 1.807) is 28.8 Å². The molecule has 0 spiro atoms. The molecule has 0 atom stereocenters. The summed E-state index contributed by atoms with van der Waals surface area (Å²) in [6.45, 7) is 0.985. The summed E-state index contributed by atoms with van der Waals surface area (Å²) in [4.78, 5) is 17.1. The van der Waals surface area contributed by atoms with E-state index in [0.29, 0.717) is 18.8 Å². The van der Waals surface area contributed by atoms with Gasteiger partial charge in [-0.25, -0.2) is 13.4 Å². The largest absolute Gasteiger partial charge is 0.495 e. The van der Waals surface area contributed by atoms with Crippen LogP contribution in [0.25, 0.3) is 10.6 Å². The summed E-state index contributed by atoms with van der Waals surface area (Å²) in [5.41, 5.74) is 1.64. The lowest BCUT2D eigenvalue weighted by atomic mass is 10.2. The molecule has 30 heavy (non-hydrogen) atoms. The Morgan fingerprint density at radius 2 is 1.97 bits per heavy atom. The lowest BCUT2D eigenvalue weighted by Gasteiger charge is -2.26. The number of sulfonamides is 1. The molecule has 4 rings (SSSR count). The Morgan fingerprint density at radius 3 is 2.67 bits per heavy atom. The van der Waals surface area contributed by atoms with Crippen LogP contribution >= 0.6 is 22.7 Å². The zero-order valence-electron chi connectivity index (χ0n) is 16.3. The molecule has 1 aromatic carbocycles. The maximum absolute atomic E-state index is 13.1. The summed E-state index contributed by atoms with van der Waals surface area (Å²) in [5.74, 6) is -0.133. The minimum Gasteiger partial charge on any atom is -0.495 e. The SMILES string of the molecule is COc1ccc(NC(=O)c2csc(-c3ccsc3)n2)cc1S(=O)(=O)N1CCCCC1. The normalized spacial score (nSPS) is 15.1. The van der Waals surface area contributed by atoms with E-state index < -0.39 is 10.0 Å². The number of anilines is 1. The molecular weight excluding hydrogens is 442 g/mol. The highest BCUT2D eigenvalue weighted by molar-refractivity contribution is 7.89. The number of amides is 1. The average Bonchev–Trinajstić information content (AvgIpc) is 3.46. The number of aromatic nitrogens is 1. The number of ether oxygens (including phenoxy) is 1. The molecule has 3 heterocycles. The Hall–Kier alpha value is -2.27. The van der Waals surface area contributed by atoms with E-state index in [-0.39, 0.29) is 22.2 Å². The highest BCUT2D eigenvalue weighted by Gasteiger charge is 2.29. The van der Waals surface area contributed by atoms with Crippen LogP contribution in [0.2, 0.25) is 0 Å². The Kier molecular flexibility index (Phi) is 6.19. The number of rotatable bonds is 6. The maximum Gasteiger partial charge on any atom is 0.275 e. The molecule has 2 aromatic heterocycles. The quantitative estimate of drug-likeness (QED) is 0.589. The molecule has 0 radical (unpaired) electrons. The molecule has 1 amide bonds. The molecule has 0 aliphatic carbocycles. The molecule has 10 heteroatoms. The van der Waals surface area contributed by atoms with Gasteiger partial charge in [0.15, 0.2) is 0 Å². The minimum atomic E-state index is -3.71. The van der Waals surface area contributed by atoms with Crippen molar-refractivity contribution in [2.75, 3.05) is 25.5 Å². The topological polar surface area (TPSA) is 88.6 Å². The maximum atomic E-state index is 13.1. The Labute approximate surface area is 183 Å². The minimum absolute atomic E-state index is 0.0574. The first-order valence-corrected chi connectivity index (χ1v) is 12.7. The van der Waals surface area contributed by atoms with Gasteiger partial charge in [0.2, 0.25) is 10.0 Å². The lowest BCUT2D eigenvalue weighted by molar-refractivity contribution is 0.102. The van der Waals surface area contributed by atoms with Crippen LogP contribution in [-0.2, 0) is 10.0 Å². The van der Waals surface area contributed by atoms with Crippen molar-refractivity contribution < 1.29 is 17.9 Å². The van der Waals surface area contributed by atoms with Gasteiger partial charge in [-0.15, -0.1) is 11.3 Å². The number of hydrogen-bond acceptors (Lipinski definition) is 7. The van der Waals surface area contributed by atoms with Crippen LogP contribution in [0.3, 0.4) is 0 Å². The van der Waals surface area contributed by atoms with E-state index in [1.807, 2.05) is 16.8 Å². The fourth-order valence-corrected chi connectivity index (χ4v) is 6.50. The van der Waals surface area contributed by atoms with E-state index in [9.17, 15) is 13.2 Å². The van der Waals surface area contributed by atoms with E-state index in [1.165, 1.54) is 28.8 Å². The second-order valence-electron chi connectivity index (χ2n) is 6.83. The number of thiophene rings is 1. The molecule has 1 saturated heterocycles. The van der Waals surface area contributed by atoms with Gasteiger partial charge >= 0.3 is 0 Å². The molecule has 158 valence electrons. The molecule has 1 aliphatic heterocycles. The lowest BCUT2D eigenvalue weighted by Crippen LogP contribution is -2.35. The van der Waals surface area contributed by atoms with Crippen molar-refractivity contribution in [1.82, 2.24) is 9.29 Å². The van der Waals surface area contributed by atoms with Crippen molar-refractivity contribution in [3.63, 3.8) is 0 Å². The number of benzene rings is 1. The van der Waals surface area contributed by atoms with Gasteiger partial charge in [-0.1, -0.05) is 6.42 Å². The van der Waals surface area contributed by atoms with Crippen molar-refractivity contribution >= 4 is 44.3 Å². The first-order valence-electron chi connectivity index (χ1n) is 9.46. The molecular formula is C20H21N3O4S3. The van der Waals surface area contributed by atoms with Gasteiger partial charge in [0.1, 0.15) is 21.3 Å². The molecule has 3 aromatic rings.